The summed E-state index contributed by atoms with van der Waals surface area (Å²) in [4.78, 5) is 11.7. The first kappa shape index (κ1) is 16.3. The Hall–Kier alpha value is -2.79. The second-order valence-electron chi connectivity index (χ2n) is 4.18. The fourth-order valence-corrected chi connectivity index (χ4v) is 1.47. The van der Waals surface area contributed by atoms with Crippen molar-refractivity contribution >= 4 is 12.0 Å². The third-order valence-corrected chi connectivity index (χ3v) is 2.57. The lowest BCUT2D eigenvalue weighted by atomic mass is 10.1. The third-order valence-electron chi connectivity index (χ3n) is 2.57. The van der Waals surface area contributed by atoms with Crippen LogP contribution in [0.5, 0.6) is 5.75 Å². The van der Waals surface area contributed by atoms with Gasteiger partial charge in [-0.15, -0.1) is 0 Å². The number of nitrogens with zero attached hydrogens (tertiary/aromatic N) is 2. The Labute approximate surface area is 124 Å². The van der Waals surface area contributed by atoms with Crippen LogP contribution in [0.2, 0.25) is 0 Å². The van der Waals surface area contributed by atoms with E-state index in [2.05, 4.69) is 0 Å². The van der Waals surface area contributed by atoms with Crippen molar-refractivity contribution < 1.29 is 14.3 Å². The molecule has 108 valence electrons. The van der Waals surface area contributed by atoms with E-state index in [1.807, 2.05) is 19.1 Å². The molecule has 1 aromatic rings. The molecule has 0 heterocycles. The maximum atomic E-state index is 11.7. The summed E-state index contributed by atoms with van der Waals surface area (Å²) in [5.74, 6) is -0.0616. The van der Waals surface area contributed by atoms with Crippen LogP contribution in [0.4, 0.5) is 0 Å². The molecule has 5 heteroatoms. The smallest absolute Gasteiger partial charge is 0.348 e. The minimum absolute atomic E-state index is 0.0254. The highest BCUT2D eigenvalue weighted by molar-refractivity contribution is 5.97. The zero-order valence-corrected chi connectivity index (χ0v) is 11.8. The molecule has 0 saturated carbocycles. The number of nitriles is 2. The quantitative estimate of drug-likeness (QED) is 0.333. The molecule has 0 amide bonds. The van der Waals surface area contributed by atoms with E-state index in [9.17, 15) is 4.79 Å². The highest BCUT2D eigenvalue weighted by Crippen LogP contribution is 2.15. The number of ether oxygens (including phenoxy) is 2. The van der Waals surface area contributed by atoms with E-state index >= 15 is 0 Å². The van der Waals surface area contributed by atoms with Gasteiger partial charge < -0.3 is 9.47 Å². The van der Waals surface area contributed by atoms with Crippen LogP contribution in [0.25, 0.3) is 6.08 Å². The second kappa shape index (κ2) is 9.17. The molecule has 0 spiro atoms. The predicted octanol–water partition coefficient (Wildman–Crippen LogP) is 2.84. The van der Waals surface area contributed by atoms with Crippen molar-refractivity contribution in [1.29, 1.82) is 10.5 Å². The van der Waals surface area contributed by atoms with E-state index < -0.39 is 5.97 Å². The largest absolute Gasteiger partial charge is 0.479 e. The number of rotatable bonds is 7. The second-order valence-corrected chi connectivity index (χ2v) is 4.18. The molecule has 0 fully saturated rings. The lowest BCUT2D eigenvalue weighted by molar-refractivity contribution is -0.138. The van der Waals surface area contributed by atoms with Crippen LogP contribution in [-0.2, 0) is 9.53 Å². The first-order valence-corrected chi connectivity index (χ1v) is 6.60. The Balaban J connectivity index is 2.72. The van der Waals surface area contributed by atoms with E-state index in [-0.39, 0.29) is 12.2 Å². The van der Waals surface area contributed by atoms with Crippen LogP contribution in [0.3, 0.4) is 0 Å². The zero-order chi connectivity index (χ0) is 15.5. The molecule has 0 bridgehead atoms. The molecule has 0 aliphatic rings. The standard InChI is InChI=1S/C16H16N2O3/c1-2-3-9-21-16(19)14(12-18)11-13-4-6-15(7-5-13)20-10-8-17/h4-7,11H,2-3,9-10H2,1H3/b14-11+. The maximum absolute atomic E-state index is 11.7. The number of carbonyl (C=O) groups excluding carboxylic acids is 1. The van der Waals surface area contributed by atoms with Crippen molar-refractivity contribution in [2.75, 3.05) is 13.2 Å². The molecule has 21 heavy (non-hydrogen) atoms. The lowest BCUT2D eigenvalue weighted by Crippen LogP contribution is -2.07. The normalized spacial score (nSPS) is 10.3. The predicted molar refractivity (Wildman–Crippen MR) is 77.0 cm³/mol. The van der Waals surface area contributed by atoms with Crippen molar-refractivity contribution in [1.82, 2.24) is 0 Å². The van der Waals surface area contributed by atoms with Crippen molar-refractivity contribution in [3.63, 3.8) is 0 Å². The summed E-state index contributed by atoms with van der Waals surface area (Å²) in [6, 6.07) is 10.4. The van der Waals surface area contributed by atoms with Crippen molar-refractivity contribution in [2.24, 2.45) is 0 Å². The van der Waals surface area contributed by atoms with Gasteiger partial charge in [-0.1, -0.05) is 25.5 Å². The van der Waals surface area contributed by atoms with E-state index in [4.69, 9.17) is 20.0 Å². The number of esters is 1. The van der Waals surface area contributed by atoms with E-state index in [1.165, 1.54) is 6.08 Å². The fraction of sp³-hybridized carbons (Fsp3) is 0.312. The van der Waals surface area contributed by atoms with E-state index in [0.717, 1.165) is 12.8 Å². The maximum Gasteiger partial charge on any atom is 0.348 e. The van der Waals surface area contributed by atoms with Gasteiger partial charge in [0, 0.05) is 0 Å². The topological polar surface area (TPSA) is 83.1 Å². The van der Waals surface area contributed by atoms with Crippen LogP contribution in [0.15, 0.2) is 29.8 Å². The fourth-order valence-electron chi connectivity index (χ4n) is 1.47. The summed E-state index contributed by atoms with van der Waals surface area (Å²) in [6.45, 7) is 2.28. The van der Waals surface area contributed by atoms with Gasteiger partial charge in [-0.3, -0.25) is 0 Å². The summed E-state index contributed by atoms with van der Waals surface area (Å²) in [5.41, 5.74) is 0.639. The Bertz CT molecular complexity index is 577. The number of carbonyl (C=O) groups is 1. The molecule has 0 aliphatic heterocycles. The molecular weight excluding hydrogens is 268 g/mol. The first-order valence-electron chi connectivity index (χ1n) is 6.60. The molecule has 1 aromatic carbocycles. The highest BCUT2D eigenvalue weighted by atomic mass is 16.5. The Morgan fingerprint density at radius 3 is 2.57 bits per heavy atom. The number of unbranched alkanes of at least 4 members (excludes halogenated alkanes) is 1. The summed E-state index contributed by atoms with van der Waals surface area (Å²) >= 11 is 0. The van der Waals surface area contributed by atoms with Gasteiger partial charge in [-0.05, 0) is 30.2 Å². The third kappa shape index (κ3) is 5.80. The van der Waals surface area contributed by atoms with Gasteiger partial charge >= 0.3 is 5.97 Å². The van der Waals surface area contributed by atoms with Gasteiger partial charge in [0.1, 0.15) is 23.5 Å². The molecule has 0 unspecified atom stereocenters. The van der Waals surface area contributed by atoms with Crippen LogP contribution < -0.4 is 4.74 Å². The average molecular weight is 284 g/mol. The SMILES string of the molecule is CCCCOC(=O)/C(C#N)=C/c1ccc(OCC#N)cc1. The average Bonchev–Trinajstić information content (AvgIpc) is 2.51. The monoisotopic (exact) mass is 284 g/mol. The van der Waals surface area contributed by atoms with Crippen molar-refractivity contribution in [2.45, 2.75) is 19.8 Å². The Morgan fingerprint density at radius 2 is 2.00 bits per heavy atom. The molecule has 1 rings (SSSR count). The van der Waals surface area contributed by atoms with Crippen LogP contribution in [0, 0.1) is 22.7 Å². The van der Waals surface area contributed by atoms with E-state index in [1.54, 1.807) is 24.3 Å². The van der Waals surface area contributed by atoms with Crippen LogP contribution in [-0.4, -0.2) is 19.2 Å². The first-order chi connectivity index (χ1) is 10.2. The van der Waals surface area contributed by atoms with Gasteiger partial charge in [0.2, 0.25) is 0 Å². The molecule has 0 N–H and O–H groups in total. The van der Waals surface area contributed by atoms with Crippen molar-refractivity contribution in [3.05, 3.63) is 35.4 Å². The van der Waals surface area contributed by atoms with Gasteiger partial charge in [-0.2, -0.15) is 10.5 Å². The number of hydrogen-bond acceptors (Lipinski definition) is 5. The highest BCUT2D eigenvalue weighted by Gasteiger charge is 2.10. The van der Waals surface area contributed by atoms with Crippen LogP contribution >= 0.6 is 0 Å². The van der Waals surface area contributed by atoms with Gasteiger partial charge in [0.15, 0.2) is 6.61 Å². The molecule has 5 nitrogen and oxygen atoms in total. The summed E-state index contributed by atoms with van der Waals surface area (Å²) in [6.07, 6.45) is 3.15. The minimum atomic E-state index is -0.615. The molecule has 0 saturated heterocycles. The molecule has 0 atom stereocenters. The van der Waals surface area contributed by atoms with E-state index in [0.29, 0.717) is 17.9 Å². The minimum Gasteiger partial charge on any atom is -0.479 e. The van der Waals surface area contributed by atoms with Gasteiger partial charge in [0.25, 0.3) is 0 Å². The zero-order valence-electron chi connectivity index (χ0n) is 11.8. The van der Waals surface area contributed by atoms with Gasteiger partial charge in [0.05, 0.1) is 6.61 Å². The number of hydrogen-bond donors (Lipinski definition) is 0. The summed E-state index contributed by atoms with van der Waals surface area (Å²) < 4.78 is 10.1. The number of benzene rings is 1. The van der Waals surface area contributed by atoms with Gasteiger partial charge in [-0.25, -0.2) is 4.79 Å². The molecule has 0 radical (unpaired) electrons. The lowest BCUT2D eigenvalue weighted by Gasteiger charge is -2.03. The Kier molecular flexibility index (Phi) is 7.10. The Morgan fingerprint density at radius 1 is 1.29 bits per heavy atom. The van der Waals surface area contributed by atoms with Crippen molar-refractivity contribution in [3.8, 4) is 17.9 Å². The van der Waals surface area contributed by atoms with Crippen LogP contribution in [0.1, 0.15) is 25.3 Å². The summed E-state index contributed by atoms with van der Waals surface area (Å²) in [7, 11) is 0. The molecular formula is C16H16N2O3. The summed E-state index contributed by atoms with van der Waals surface area (Å²) in [5, 5.41) is 17.4. The molecule has 0 aromatic heterocycles. The molecule has 0 aliphatic carbocycles.